The number of hydrogen-bond donors (Lipinski definition) is 2. The third-order valence-corrected chi connectivity index (χ3v) is 4.65. The molecule has 8 nitrogen and oxygen atoms in total. The minimum atomic E-state index is -3.80. The number of nitrogens with one attached hydrogen (secondary N) is 1. The molecule has 0 aliphatic rings. The smallest absolute Gasteiger partial charge is 0.338 e. The maximum absolute atomic E-state index is 12.2. The second-order valence-electron chi connectivity index (χ2n) is 6.05. The summed E-state index contributed by atoms with van der Waals surface area (Å²) < 4.78 is 27.6. The maximum Gasteiger partial charge on any atom is 0.338 e. The number of primary sulfonamides is 1. The number of hydrogen-bond acceptors (Lipinski definition) is 6. The van der Waals surface area contributed by atoms with Gasteiger partial charge in [0.1, 0.15) is 0 Å². The molecule has 0 fully saturated rings. The lowest BCUT2D eigenvalue weighted by atomic mass is 10.2. The van der Waals surface area contributed by atoms with Crippen LogP contribution in [0.5, 0.6) is 0 Å². The second-order valence-corrected chi connectivity index (χ2v) is 7.61. The van der Waals surface area contributed by atoms with E-state index in [9.17, 15) is 18.0 Å². The highest BCUT2D eigenvalue weighted by molar-refractivity contribution is 7.89. The second kappa shape index (κ2) is 8.19. The lowest BCUT2D eigenvalue weighted by molar-refractivity contribution is -0.123. The molecule has 3 N–H and O–H groups in total. The van der Waals surface area contributed by atoms with Gasteiger partial charge in [-0.05, 0) is 55.5 Å². The molecule has 0 heterocycles. The highest BCUT2D eigenvalue weighted by Crippen LogP contribution is 2.15. The van der Waals surface area contributed by atoms with Gasteiger partial charge in [0.2, 0.25) is 10.0 Å². The Bertz CT molecular complexity index is 922. The third-order valence-electron chi connectivity index (χ3n) is 3.72. The molecule has 9 heteroatoms. The van der Waals surface area contributed by atoms with E-state index in [1.54, 1.807) is 24.3 Å². The predicted octanol–water partition coefficient (Wildman–Crippen LogP) is 1.58. The number of carbonyl (C=O) groups excluding carboxylic acids is 2. The molecular weight excluding hydrogens is 370 g/mol. The molecule has 27 heavy (non-hydrogen) atoms. The number of ether oxygens (including phenoxy) is 1. The van der Waals surface area contributed by atoms with Gasteiger partial charge in [-0.2, -0.15) is 0 Å². The zero-order chi connectivity index (χ0) is 20.2. The fourth-order valence-corrected chi connectivity index (χ4v) is 2.67. The van der Waals surface area contributed by atoms with E-state index in [0.717, 1.165) is 5.69 Å². The van der Waals surface area contributed by atoms with Crippen molar-refractivity contribution >= 4 is 33.3 Å². The van der Waals surface area contributed by atoms with Crippen LogP contribution < -0.4 is 15.4 Å². The van der Waals surface area contributed by atoms with Gasteiger partial charge in [-0.3, -0.25) is 4.79 Å². The number of sulfonamides is 1. The van der Waals surface area contributed by atoms with Crippen LogP contribution in [0.3, 0.4) is 0 Å². The van der Waals surface area contributed by atoms with Gasteiger partial charge in [0.15, 0.2) is 6.10 Å². The molecule has 0 aliphatic carbocycles. The number of esters is 1. The Morgan fingerprint density at radius 2 is 1.59 bits per heavy atom. The Balaban J connectivity index is 1.97. The van der Waals surface area contributed by atoms with Crippen molar-refractivity contribution in [2.75, 3.05) is 24.3 Å². The Labute approximate surface area is 158 Å². The molecule has 2 rings (SSSR count). The van der Waals surface area contributed by atoms with Gasteiger partial charge in [0, 0.05) is 25.5 Å². The Kier molecular flexibility index (Phi) is 6.19. The highest BCUT2D eigenvalue weighted by atomic mass is 32.2. The Morgan fingerprint density at radius 3 is 2.07 bits per heavy atom. The minimum absolute atomic E-state index is 0.0684. The first-order valence-electron chi connectivity index (χ1n) is 8.00. The van der Waals surface area contributed by atoms with Crippen molar-refractivity contribution in [1.82, 2.24) is 0 Å². The van der Waals surface area contributed by atoms with Crippen LogP contribution >= 0.6 is 0 Å². The lowest BCUT2D eigenvalue weighted by Crippen LogP contribution is -2.30. The minimum Gasteiger partial charge on any atom is -0.449 e. The summed E-state index contributed by atoms with van der Waals surface area (Å²) in [6.07, 6.45) is -1.04. The van der Waals surface area contributed by atoms with Crippen molar-refractivity contribution in [3.63, 3.8) is 0 Å². The molecular formula is C18H21N3O5S. The number of amides is 1. The molecule has 0 radical (unpaired) electrons. The molecule has 2 aromatic rings. The van der Waals surface area contributed by atoms with E-state index < -0.39 is 28.0 Å². The molecule has 1 atom stereocenters. The zero-order valence-electron chi connectivity index (χ0n) is 15.2. The van der Waals surface area contributed by atoms with E-state index in [0.29, 0.717) is 11.3 Å². The molecule has 0 saturated carbocycles. The number of benzene rings is 2. The molecule has 0 aromatic heterocycles. The van der Waals surface area contributed by atoms with Crippen LogP contribution in [0.2, 0.25) is 0 Å². The summed E-state index contributed by atoms with van der Waals surface area (Å²) in [5, 5.41) is 7.56. The van der Waals surface area contributed by atoms with Crippen molar-refractivity contribution in [3.05, 3.63) is 54.1 Å². The molecule has 144 valence electrons. The number of nitrogens with two attached hydrogens (primary N) is 1. The summed E-state index contributed by atoms with van der Waals surface area (Å²) in [4.78, 5) is 26.1. The van der Waals surface area contributed by atoms with E-state index in [-0.39, 0.29) is 4.90 Å². The summed E-state index contributed by atoms with van der Waals surface area (Å²) in [6.45, 7) is 1.44. The van der Waals surface area contributed by atoms with Crippen LogP contribution in [-0.4, -0.2) is 40.5 Å². The standard InChI is InChI=1S/C18H21N3O5S/c1-12(26-18(23)13-4-8-15(9-5-13)21(2)3)17(22)20-14-6-10-16(11-7-14)27(19,24)25/h4-12H,1-3H3,(H,20,22)(H2,19,24,25)/t12-/m0/s1. The van der Waals surface area contributed by atoms with Gasteiger partial charge in [-0.1, -0.05) is 0 Å². The van der Waals surface area contributed by atoms with Crippen LogP contribution in [0.1, 0.15) is 17.3 Å². The van der Waals surface area contributed by atoms with Crippen LogP contribution in [0.15, 0.2) is 53.4 Å². The van der Waals surface area contributed by atoms with Crippen LogP contribution in [-0.2, 0) is 19.6 Å². The van der Waals surface area contributed by atoms with Crippen molar-refractivity contribution in [3.8, 4) is 0 Å². The van der Waals surface area contributed by atoms with Gasteiger partial charge in [0.05, 0.1) is 10.5 Å². The van der Waals surface area contributed by atoms with Crippen molar-refractivity contribution in [2.45, 2.75) is 17.9 Å². The number of nitrogens with zero attached hydrogens (tertiary/aromatic N) is 1. The molecule has 0 aliphatic heterocycles. The lowest BCUT2D eigenvalue weighted by Gasteiger charge is -2.15. The Hall–Kier alpha value is -2.91. The Morgan fingerprint density at radius 1 is 1.04 bits per heavy atom. The molecule has 0 saturated heterocycles. The van der Waals surface area contributed by atoms with E-state index in [1.807, 2.05) is 19.0 Å². The van der Waals surface area contributed by atoms with Gasteiger partial charge >= 0.3 is 5.97 Å². The normalized spacial score (nSPS) is 12.1. The fourth-order valence-electron chi connectivity index (χ4n) is 2.15. The third kappa shape index (κ3) is 5.53. The fraction of sp³-hybridized carbons (Fsp3) is 0.222. The molecule has 2 aromatic carbocycles. The highest BCUT2D eigenvalue weighted by Gasteiger charge is 2.19. The SMILES string of the molecule is C[C@H](OC(=O)c1ccc(N(C)C)cc1)C(=O)Nc1ccc(S(N)(=O)=O)cc1. The molecule has 0 unspecified atom stereocenters. The van der Waals surface area contributed by atoms with E-state index >= 15 is 0 Å². The van der Waals surface area contributed by atoms with E-state index in [2.05, 4.69) is 5.32 Å². The summed E-state index contributed by atoms with van der Waals surface area (Å²) in [7, 11) is -0.0363. The first-order chi connectivity index (χ1) is 12.6. The van der Waals surface area contributed by atoms with Crippen LogP contribution in [0.4, 0.5) is 11.4 Å². The van der Waals surface area contributed by atoms with Gasteiger partial charge in [-0.25, -0.2) is 18.4 Å². The predicted molar refractivity (Wildman–Crippen MR) is 102 cm³/mol. The van der Waals surface area contributed by atoms with Gasteiger partial charge in [0.25, 0.3) is 5.91 Å². The van der Waals surface area contributed by atoms with E-state index in [1.165, 1.54) is 31.2 Å². The molecule has 0 spiro atoms. The number of anilines is 2. The summed E-state index contributed by atoms with van der Waals surface area (Å²) in [5.74, 6) is -1.16. The zero-order valence-corrected chi connectivity index (χ0v) is 16.0. The first-order valence-corrected chi connectivity index (χ1v) is 9.54. The maximum atomic E-state index is 12.2. The number of rotatable bonds is 6. The van der Waals surface area contributed by atoms with Crippen LogP contribution in [0, 0.1) is 0 Å². The molecule has 1 amide bonds. The quantitative estimate of drug-likeness (QED) is 0.722. The van der Waals surface area contributed by atoms with E-state index in [4.69, 9.17) is 9.88 Å². The first kappa shape index (κ1) is 20.4. The van der Waals surface area contributed by atoms with Gasteiger partial charge < -0.3 is 15.0 Å². The largest absolute Gasteiger partial charge is 0.449 e. The average Bonchev–Trinajstić information content (AvgIpc) is 2.61. The van der Waals surface area contributed by atoms with Crippen molar-refractivity contribution in [2.24, 2.45) is 5.14 Å². The average molecular weight is 391 g/mol. The topological polar surface area (TPSA) is 119 Å². The van der Waals surface area contributed by atoms with Gasteiger partial charge in [-0.15, -0.1) is 0 Å². The monoisotopic (exact) mass is 391 g/mol. The van der Waals surface area contributed by atoms with Crippen molar-refractivity contribution < 1.29 is 22.7 Å². The van der Waals surface area contributed by atoms with Crippen LogP contribution in [0.25, 0.3) is 0 Å². The summed E-state index contributed by atoms with van der Waals surface area (Å²) in [6, 6.07) is 12.1. The summed E-state index contributed by atoms with van der Waals surface area (Å²) >= 11 is 0. The molecule has 0 bridgehead atoms. The van der Waals surface area contributed by atoms with Crippen molar-refractivity contribution in [1.29, 1.82) is 0 Å². The number of carbonyl (C=O) groups is 2. The summed E-state index contributed by atoms with van der Waals surface area (Å²) in [5.41, 5.74) is 1.61.